The van der Waals surface area contributed by atoms with Crippen molar-refractivity contribution < 1.29 is 19.4 Å². The van der Waals surface area contributed by atoms with Crippen LogP contribution < -0.4 is 0 Å². The van der Waals surface area contributed by atoms with Crippen molar-refractivity contribution in [1.82, 2.24) is 0 Å². The smallest absolute Gasteiger partial charge is 0.302 e. The lowest BCUT2D eigenvalue weighted by Crippen LogP contribution is -2.62. The van der Waals surface area contributed by atoms with Crippen molar-refractivity contribution in [2.45, 2.75) is 97.2 Å². The molecule has 0 saturated heterocycles. The Morgan fingerprint density at radius 3 is 2.33 bits per heavy atom. The van der Waals surface area contributed by atoms with Crippen molar-refractivity contribution in [2.24, 2.45) is 34.5 Å². The summed E-state index contributed by atoms with van der Waals surface area (Å²) in [7, 11) is 0. The van der Waals surface area contributed by atoms with Gasteiger partial charge in [0.15, 0.2) is 0 Å². The van der Waals surface area contributed by atoms with E-state index in [1.54, 1.807) is 6.92 Å². The van der Waals surface area contributed by atoms with Gasteiger partial charge in [-0.2, -0.15) is 0 Å². The van der Waals surface area contributed by atoms with E-state index in [0.717, 1.165) is 57.8 Å². The van der Waals surface area contributed by atoms with Crippen LogP contribution in [0.4, 0.5) is 0 Å². The minimum Gasteiger partial charge on any atom is -0.463 e. The summed E-state index contributed by atoms with van der Waals surface area (Å²) in [5, 5.41) is 11.9. The Balaban J connectivity index is 1.59. The van der Waals surface area contributed by atoms with Gasteiger partial charge in [-0.05, 0) is 87.9 Å². The fraction of sp³-hybridized carbons (Fsp3) is 0.913. The summed E-state index contributed by atoms with van der Waals surface area (Å²) >= 11 is 0. The quantitative estimate of drug-likeness (QED) is 0.731. The molecule has 27 heavy (non-hydrogen) atoms. The number of ketones is 1. The Bertz CT molecular complexity index is 644. The highest BCUT2D eigenvalue weighted by atomic mass is 16.5. The molecule has 0 aromatic carbocycles. The molecule has 0 aromatic heterocycles. The third-order valence-electron chi connectivity index (χ3n) is 9.63. The molecule has 4 aliphatic carbocycles. The Labute approximate surface area is 163 Å². The lowest BCUT2D eigenvalue weighted by molar-refractivity contribution is -0.211. The molecule has 152 valence electrons. The summed E-state index contributed by atoms with van der Waals surface area (Å²) in [4.78, 5) is 23.7. The van der Waals surface area contributed by atoms with Gasteiger partial charge in [0.05, 0.1) is 5.60 Å². The van der Waals surface area contributed by atoms with Crippen LogP contribution in [0.3, 0.4) is 0 Å². The average molecular weight is 377 g/mol. The van der Waals surface area contributed by atoms with Crippen LogP contribution in [0.25, 0.3) is 0 Å². The maximum Gasteiger partial charge on any atom is 0.302 e. The molecule has 0 aromatic rings. The Kier molecular flexibility index (Phi) is 4.53. The van der Waals surface area contributed by atoms with Crippen LogP contribution in [0.15, 0.2) is 0 Å². The first-order valence-corrected chi connectivity index (χ1v) is 11.0. The summed E-state index contributed by atoms with van der Waals surface area (Å²) < 4.78 is 5.54. The average Bonchev–Trinajstić information content (AvgIpc) is 2.86. The van der Waals surface area contributed by atoms with Crippen molar-refractivity contribution in [3.05, 3.63) is 0 Å². The van der Waals surface area contributed by atoms with Gasteiger partial charge in [0.1, 0.15) is 11.9 Å². The van der Waals surface area contributed by atoms with E-state index < -0.39 is 5.60 Å². The molecule has 0 aliphatic heterocycles. The highest BCUT2D eigenvalue weighted by Crippen LogP contribution is 2.69. The van der Waals surface area contributed by atoms with Crippen LogP contribution in [0.5, 0.6) is 0 Å². The van der Waals surface area contributed by atoms with E-state index in [9.17, 15) is 14.7 Å². The largest absolute Gasteiger partial charge is 0.463 e. The molecule has 2 unspecified atom stereocenters. The maximum atomic E-state index is 12.3. The van der Waals surface area contributed by atoms with Crippen LogP contribution in [0.1, 0.15) is 85.5 Å². The third kappa shape index (κ3) is 2.65. The van der Waals surface area contributed by atoms with Crippen molar-refractivity contribution in [2.75, 3.05) is 0 Å². The second-order valence-electron chi connectivity index (χ2n) is 10.6. The van der Waals surface area contributed by atoms with Gasteiger partial charge in [-0.25, -0.2) is 0 Å². The number of rotatable bonds is 2. The van der Waals surface area contributed by atoms with E-state index >= 15 is 0 Å². The predicted molar refractivity (Wildman–Crippen MR) is 103 cm³/mol. The van der Waals surface area contributed by atoms with Crippen molar-refractivity contribution in [3.63, 3.8) is 0 Å². The number of hydrogen-bond acceptors (Lipinski definition) is 4. The molecule has 0 amide bonds. The van der Waals surface area contributed by atoms with E-state index in [1.165, 1.54) is 6.92 Å². The Morgan fingerprint density at radius 1 is 0.926 bits per heavy atom. The molecule has 4 nitrogen and oxygen atoms in total. The summed E-state index contributed by atoms with van der Waals surface area (Å²) in [6, 6.07) is 0. The molecule has 0 radical (unpaired) electrons. The molecular weight excluding hydrogens is 340 g/mol. The first-order chi connectivity index (χ1) is 12.6. The van der Waals surface area contributed by atoms with Crippen molar-refractivity contribution >= 4 is 11.8 Å². The van der Waals surface area contributed by atoms with E-state index in [1.807, 2.05) is 0 Å². The molecule has 1 N–H and O–H groups in total. The summed E-state index contributed by atoms with van der Waals surface area (Å²) in [5.41, 5.74) is -0.712. The first-order valence-electron chi connectivity index (χ1n) is 11.0. The van der Waals surface area contributed by atoms with E-state index in [4.69, 9.17) is 4.74 Å². The monoisotopic (exact) mass is 376 g/mol. The standard InChI is InChI=1S/C23H36O4/c1-14(24)18-9-12-23(26)20-6-5-16-13-17(27-15(2)25)7-10-21(16,3)19(20)8-11-22(18,23)4/h16-20,26H,5-13H2,1-4H3/t16?,17?,18-,19+,20-,21+,22-,23-/m1/s1. The molecule has 0 bridgehead atoms. The highest BCUT2D eigenvalue weighted by molar-refractivity contribution is 5.80. The van der Waals surface area contributed by atoms with E-state index in [-0.39, 0.29) is 34.6 Å². The highest BCUT2D eigenvalue weighted by Gasteiger charge is 2.67. The topological polar surface area (TPSA) is 63.6 Å². The second kappa shape index (κ2) is 6.30. The number of carbonyl (C=O) groups excluding carboxylic acids is 2. The summed E-state index contributed by atoms with van der Waals surface area (Å²) in [5.74, 6) is 1.53. The van der Waals surface area contributed by atoms with Crippen LogP contribution in [0.2, 0.25) is 0 Å². The van der Waals surface area contributed by atoms with Gasteiger partial charge in [0.2, 0.25) is 0 Å². The number of Topliss-reactive ketones (excluding diaryl/α,β-unsaturated/α-hetero) is 1. The van der Waals surface area contributed by atoms with Crippen molar-refractivity contribution in [1.29, 1.82) is 0 Å². The molecule has 4 heteroatoms. The van der Waals surface area contributed by atoms with Crippen LogP contribution in [0, 0.1) is 34.5 Å². The second-order valence-corrected chi connectivity index (χ2v) is 10.6. The van der Waals surface area contributed by atoms with E-state index in [0.29, 0.717) is 17.8 Å². The Hall–Kier alpha value is -0.900. The number of hydrogen-bond donors (Lipinski definition) is 1. The summed E-state index contributed by atoms with van der Waals surface area (Å²) in [6.45, 7) is 7.84. The first kappa shape index (κ1) is 19.4. The predicted octanol–water partition coefficient (Wildman–Crippen LogP) is 4.28. The fourth-order valence-corrected chi connectivity index (χ4v) is 8.18. The molecule has 4 fully saturated rings. The van der Waals surface area contributed by atoms with Crippen LogP contribution in [-0.2, 0) is 14.3 Å². The zero-order valence-electron chi connectivity index (χ0n) is 17.4. The normalized spacial score (nSPS) is 51.7. The SMILES string of the molecule is CC(=O)OC1CC[C@@]2(C)C(CC[C@@H]3[C@@H]2CC[C@]2(C)[C@@H](C(C)=O)CC[C@@]32O)C1. The molecule has 8 atom stereocenters. The molecule has 0 heterocycles. The number of ether oxygens (including phenoxy) is 1. The van der Waals surface area contributed by atoms with Gasteiger partial charge in [0.25, 0.3) is 0 Å². The molecule has 4 rings (SSSR count). The molecule has 4 aliphatic rings. The zero-order chi connectivity index (χ0) is 19.6. The molecule has 4 saturated carbocycles. The molecule has 0 spiro atoms. The fourth-order valence-electron chi connectivity index (χ4n) is 8.18. The zero-order valence-corrected chi connectivity index (χ0v) is 17.4. The van der Waals surface area contributed by atoms with Crippen molar-refractivity contribution in [3.8, 4) is 0 Å². The minimum absolute atomic E-state index is 0.0219. The number of esters is 1. The van der Waals surface area contributed by atoms with Crippen LogP contribution >= 0.6 is 0 Å². The maximum absolute atomic E-state index is 12.3. The van der Waals surface area contributed by atoms with Crippen LogP contribution in [-0.4, -0.2) is 28.6 Å². The Morgan fingerprint density at radius 2 is 1.67 bits per heavy atom. The lowest BCUT2D eigenvalue weighted by Gasteiger charge is -2.63. The van der Waals surface area contributed by atoms with Gasteiger partial charge in [-0.3, -0.25) is 9.59 Å². The number of aliphatic hydroxyl groups is 1. The lowest BCUT2D eigenvalue weighted by atomic mass is 9.43. The van der Waals surface area contributed by atoms with Gasteiger partial charge >= 0.3 is 5.97 Å². The summed E-state index contributed by atoms with van der Waals surface area (Å²) in [6.07, 6.45) is 8.96. The van der Waals surface area contributed by atoms with Gasteiger partial charge < -0.3 is 9.84 Å². The van der Waals surface area contributed by atoms with Gasteiger partial charge in [-0.15, -0.1) is 0 Å². The van der Waals surface area contributed by atoms with Gasteiger partial charge in [-0.1, -0.05) is 13.8 Å². The van der Waals surface area contributed by atoms with Gasteiger partial charge in [0, 0.05) is 18.3 Å². The number of carbonyl (C=O) groups is 2. The van der Waals surface area contributed by atoms with E-state index in [2.05, 4.69) is 13.8 Å². The third-order valence-corrected chi connectivity index (χ3v) is 9.63. The molecular formula is C23H36O4. The number of fused-ring (bicyclic) bond motifs is 5. The minimum atomic E-state index is -0.688.